The van der Waals surface area contributed by atoms with Crippen LogP contribution in [0.4, 0.5) is 8.78 Å². The van der Waals surface area contributed by atoms with E-state index in [1.54, 1.807) is 12.1 Å². The minimum absolute atomic E-state index is 0.123. The van der Waals surface area contributed by atoms with Gasteiger partial charge in [0.05, 0.1) is 6.61 Å². The fraction of sp³-hybridized carbons (Fsp3) is 0.538. The molecule has 0 radical (unpaired) electrons. The second-order valence-corrected chi connectivity index (χ2v) is 4.65. The minimum Gasteiger partial charge on any atom is -0.493 e. The molecule has 1 N–H and O–H groups in total. The van der Waals surface area contributed by atoms with Crippen LogP contribution in [0.25, 0.3) is 0 Å². The third-order valence-corrected chi connectivity index (χ3v) is 3.52. The Hall–Kier alpha value is -1.16. The molecule has 17 heavy (non-hydrogen) atoms. The SMILES string of the molecule is FC(F)c1cc2c(c([C@H]3CCCN3)c1)OCC2. The van der Waals surface area contributed by atoms with Crippen molar-refractivity contribution in [3.63, 3.8) is 0 Å². The second-order valence-electron chi connectivity index (χ2n) is 4.65. The van der Waals surface area contributed by atoms with Crippen LogP contribution in [0, 0.1) is 0 Å². The lowest BCUT2D eigenvalue weighted by atomic mass is 9.97. The first kappa shape index (κ1) is 11.0. The average molecular weight is 239 g/mol. The molecule has 1 aromatic carbocycles. The molecule has 0 bridgehead atoms. The zero-order chi connectivity index (χ0) is 11.8. The number of fused-ring (bicyclic) bond motifs is 1. The molecular weight excluding hydrogens is 224 g/mol. The van der Waals surface area contributed by atoms with Crippen molar-refractivity contribution in [1.29, 1.82) is 0 Å². The van der Waals surface area contributed by atoms with Crippen LogP contribution >= 0.6 is 0 Å². The van der Waals surface area contributed by atoms with E-state index in [0.29, 0.717) is 6.61 Å². The number of nitrogens with one attached hydrogen (secondary N) is 1. The number of alkyl halides is 2. The number of halogens is 2. The lowest BCUT2D eigenvalue weighted by Gasteiger charge is -2.16. The molecule has 0 aliphatic carbocycles. The molecular formula is C13H15F2NO. The van der Waals surface area contributed by atoms with Crippen LogP contribution in [0.3, 0.4) is 0 Å². The average Bonchev–Trinajstić information content (AvgIpc) is 2.98. The summed E-state index contributed by atoms with van der Waals surface area (Å²) in [6, 6.07) is 3.38. The number of ether oxygens (including phenoxy) is 1. The maximum Gasteiger partial charge on any atom is 0.263 e. The third kappa shape index (κ3) is 1.90. The highest BCUT2D eigenvalue weighted by Gasteiger charge is 2.26. The first-order chi connectivity index (χ1) is 8.25. The van der Waals surface area contributed by atoms with Crippen molar-refractivity contribution in [1.82, 2.24) is 5.32 Å². The second kappa shape index (κ2) is 4.26. The molecule has 2 nitrogen and oxygen atoms in total. The standard InChI is InChI=1S/C13H15F2NO/c14-13(15)9-6-8-3-5-17-12(8)10(7-9)11-2-1-4-16-11/h6-7,11,13,16H,1-5H2/t11-/m1/s1. The first-order valence-corrected chi connectivity index (χ1v) is 6.07. The molecule has 2 heterocycles. The molecule has 1 aromatic rings. The minimum atomic E-state index is -2.40. The highest BCUT2D eigenvalue weighted by atomic mass is 19.3. The van der Waals surface area contributed by atoms with E-state index in [-0.39, 0.29) is 11.6 Å². The van der Waals surface area contributed by atoms with Gasteiger partial charge in [-0.2, -0.15) is 0 Å². The van der Waals surface area contributed by atoms with E-state index in [1.165, 1.54) is 0 Å². The van der Waals surface area contributed by atoms with Gasteiger partial charge >= 0.3 is 0 Å². The summed E-state index contributed by atoms with van der Waals surface area (Å²) >= 11 is 0. The number of hydrogen-bond donors (Lipinski definition) is 1. The van der Waals surface area contributed by atoms with Crippen molar-refractivity contribution in [3.8, 4) is 5.75 Å². The van der Waals surface area contributed by atoms with Crippen LogP contribution in [0.5, 0.6) is 5.75 Å². The molecule has 2 aliphatic heterocycles. The molecule has 0 saturated carbocycles. The topological polar surface area (TPSA) is 21.3 Å². The number of hydrogen-bond acceptors (Lipinski definition) is 2. The van der Waals surface area contributed by atoms with Gasteiger partial charge in [0.1, 0.15) is 5.75 Å². The summed E-state index contributed by atoms with van der Waals surface area (Å²) in [5.41, 5.74) is 1.98. The maximum absolute atomic E-state index is 12.8. The Morgan fingerprint density at radius 1 is 1.35 bits per heavy atom. The monoisotopic (exact) mass is 239 g/mol. The molecule has 4 heteroatoms. The molecule has 2 aliphatic rings. The largest absolute Gasteiger partial charge is 0.493 e. The molecule has 92 valence electrons. The molecule has 1 atom stereocenters. The van der Waals surface area contributed by atoms with Crippen molar-refractivity contribution in [2.75, 3.05) is 13.2 Å². The third-order valence-electron chi connectivity index (χ3n) is 3.52. The van der Waals surface area contributed by atoms with Gasteiger partial charge in [-0.25, -0.2) is 8.78 Å². The Balaban J connectivity index is 2.05. The van der Waals surface area contributed by atoms with E-state index in [0.717, 1.165) is 42.7 Å². The van der Waals surface area contributed by atoms with Gasteiger partial charge < -0.3 is 10.1 Å². The predicted molar refractivity (Wildman–Crippen MR) is 60.6 cm³/mol. The first-order valence-electron chi connectivity index (χ1n) is 6.07. The van der Waals surface area contributed by atoms with Gasteiger partial charge in [-0.05, 0) is 37.1 Å². The highest BCUT2D eigenvalue weighted by Crippen LogP contribution is 2.39. The zero-order valence-electron chi connectivity index (χ0n) is 9.51. The van der Waals surface area contributed by atoms with Gasteiger partial charge in [-0.1, -0.05) is 0 Å². The highest BCUT2D eigenvalue weighted by molar-refractivity contribution is 5.49. The van der Waals surface area contributed by atoms with Crippen LogP contribution in [0.1, 0.15) is 42.0 Å². The molecule has 0 spiro atoms. The van der Waals surface area contributed by atoms with E-state index in [1.807, 2.05) is 0 Å². The van der Waals surface area contributed by atoms with E-state index in [9.17, 15) is 8.78 Å². The van der Waals surface area contributed by atoms with Crippen LogP contribution in [0.2, 0.25) is 0 Å². The quantitative estimate of drug-likeness (QED) is 0.856. The van der Waals surface area contributed by atoms with Crippen molar-refractivity contribution < 1.29 is 13.5 Å². The summed E-state index contributed by atoms with van der Waals surface area (Å²) < 4.78 is 31.3. The Labute approximate surface area is 99.0 Å². The number of rotatable bonds is 2. The lowest BCUT2D eigenvalue weighted by Crippen LogP contribution is -2.14. The molecule has 1 fully saturated rings. The summed E-state index contributed by atoms with van der Waals surface area (Å²) in [6.07, 6.45) is 0.442. The van der Waals surface area contributed by atoms with Gasteiger partial charge in [0.25, 0.3) is 6.43 Å². The van der Waals surface area contributed by atoms with Crippen molar-refractivity contribution >= 4 is 0 Å². The maximum atomic E-state index is 12.8. The van der Waals surface area contributed by atoms with Crippen molar-refractivity contribution in [2.45, 2.75) is 31.7 Å². The summed E-state index contributed by atoms with van der Waals surface area (Å²) in [6.45, 7) is 1.57. The molecule has 0 aromatic heterocycles. The fourth-order valence-corrected chi connectivity index (χ4v) is 2.70. The van der Waals surface area contributed by atoms with Gasteiger partial charge in [0.15, 0.2) is 0 Å². The van der Waals surface area contributed by atoms with Gasteiger partial charge in [0, 0.05) is 23.6 Å². The van der Waals surface area contributed by atoms with Gasteiger partial charge in [-0.3, -0.25) is 0 Å². The van der Waals surface area contributed by atoms with E-state index >= 15 is 0 Å². The van der Waals surface area contributed by atoms with Crippen LogP contribution in [0.15, 0.2) is 12.1 Å². The van der Waals surface area contributed by atoms with Crippen LogP contribution in [-0.4, -0.2) is 13.2 Å². The molecule has 3 rings (SSSR count). The van der Waals surface area contributed by atoms with Crippen molar-refractivity contribution in [3.05, 3.63) is 28.8 Å². The van der Waals surface area contributed by atoms with Crippen LogP contribution < -0.4 is 10.1 Å². The molecule has 0 unspecified atom stereocenters. The lowest BCUT2D eigenvalue weighted by molar-refractivity contribution is 0.151. The Kier molecular flexibility index (Phi) is 2.74. The normalized spacial score (nSPS) is 22.9. The van der Waals surface area contributed by atoms with Crippen LogP contribution in [-0.2, 0) is 6.42 Å². The summed E-state index contributed by atoms with van der Waals surface area (Å²) in [7, 11) is 0. The summed E-state index contributed by atoms with van der Waals surface area (Å²) in [5, 5.41) is 3.34. The molecule has 0 amide bonds. The Morgan fingerprint density at radius 3 is 2.94 bits per heavy atom. The van der Waals surface area contributed by atoms with Crippen molar-refractivity contribution in [2.24, 2.45) is 0 Å². The van der Waals surface area contributed by atoms with Gasteiger partial charge in [0.2, 0.25) is 0 Å². The Bertz CT molecular complexity index is 428. The summed E-state index contributed by atoms with van der Waals surface area (Å²) in [4.78, 5) is 0. The number of benzene rings is 1. The predicted octanol–water partition coefficient (Wildman–Crippen LogP) is 2.98. The van der Waals surface area contributed by atoms with Gasteiger partial charge in [-0.15, -0.1) is 0 Å². The van der Waals surface area contributed by atoms with E-state index in [2.05, 4.69) is 5.32 Å². The smallest absolute Gasteiger partial charge is 0.263 e. The van der Waals surface area contributed by atoms with E-state index < -0.39 is 6.43 Å². The van der Waals surface area contributed by atoms with E-state index in [4.69, 9.17) is 4.74 Å². The zero-order valence-corrected chi connectivity index (χ0v) is 9.51. The Morgan fingerprint density at radius 2 is 2.24 bits per heavy atom. The fourth-order valence-electron chi connectivity index (χ4n) is 2.70. The molecule has 1 saturated heterocycles. The summed E-state index contributed by atoms with van der Waals surface area (Å²) in [5.74, 6) is 0.841.